The summed E-state index contributed by atoms with van der Waals surface area (Å²) in [6.07, 6.45) is -13.3. The van der Waals surface area contributed by atoms with E-state index >= 15 is 0 Å². The lowest BCUT2D eigenvalue weighted by molar-refractivity contribution is -0.366. The van der Waals surface area contributed by atoms with Crippen LogP contribution in [0.2, 0.25) is 0 Å². The smallest absolute Gasteiger partial charge is 0.187 e. The predicted molar refractivity (Wildman–Crippen MR) is 219 cm³/mol. The Balaban J connectivity index is 1.03. The monoisotopic (exact) mass is 901 g/mol. The van der Waals surface area contributed by atoms with Crippen LogP contribution in [-0.2, 0) is 33.2 Å². The lowest BCUT2D eigenvalue weighted by Crippen LogP contribution is -2.65. The molecule has 9 rings (SSSR count). The van der Waals surface area contributed by atoms with Gasteiger partial charge in [0, 0.05) is 5.92 Å². The minimum Gasteiger partial charge on any atom is -0.393 e. The fourth-order valence-electron chi connectivity index (χ4n) is 16.0. The Bertz CT molecular complexity index is 1700. The molecule has 0 aromatic rings. The maximum Gasteiger partial charge on any atom is 0.187 e. The first-order valence-corrected chi connectivity index (χ1v) is 23.6. The first kappa shape index (κ1) is 47.4. The number of rotatable bonds is 8. The first-order valence-electron chi connectivity index (χ1n) is 23.6. The van der Waals surface area contributed by atoms with E-state index in [0.717, 1.165) is 32.1 Å². The van der Waals surface area contributed by atoms with Gasteiger partial charge in [-0.2, -0.15) is 0 Å². The molecule has 0 unspecified atom stereocenters. The number of fused-ring (bicyclic) bond motifs is 2. The van der Waals surface area contributed by atoms with Crippen molar-refractivity contribution in [3.05, 3.63) is 0 Å². The second kappa shape index (κ2) is 15.7. The van der Waals surface area contributed by atoms with Crippen LogP contribution in [0.3, 0.4) is 0 Å². The molecule has 63 heavy (non-hydrogen) atoms. The normalized spacial score (nSPS) is 59.0. The van der Waals surface area contributed by atoms with Crippen molar-refractivity contribution in [3.8, 4) is 0 Å². The Hall–Kier alpha value is -0.680. The summed E-state index contributed by atoms with van der Waals surface area (Å²) < 4.78 is 44.4. The van der Waals surface area contributed by atoms with Crippen LogP contribution >= 0.6 is 0 Å². The van der Waals surface area contributed by atoms with Gasteiger partial charge in [-0.3, -0.25) is 0 Å². The number of aliphatic hydroxyl groups is 10. The summed E-state index contributed by atoms with van der Waals surface area (Å²) in [6, 6.07) is 0. The summed E-state index contributed by atoms with van der Waals surface area (Å²) in [5.41, 5.74) is -3.35. The predicted octanol–water partition coefficient (Wildman–Crippen LogP) is 0.215. The van der Waals surface area contributed by atoms with Crippen LogP contribution in [0.1, 0.15) is 113 Å². The average Bonchev–Trinajstić information content (AvgIpc) is 3.57. The second-order valence-electron chi connectivity index (χ2n) is 23.4. The zero-order valence-electron chi connectivity index (χ0n) is 38.2. The topological polar surface area (TPSA) is 267 Å². The Kier molecular flexibility index (Phi) is 11.8. The van der Waals surface area contributed by atoms with Crippen molar-refractivity contribution in [1.82, 2.24) is 0 Å². The lowest BCUT2D eigenvalue weighted by Gasteiger charge is -2.65. The van der Waals surface area contributed by atoms with Crippen LogP contribution in [0.25, 0.3) is 0 Å². The Labute approximate surface area is 370 Å². The standard InChI is InChI=1S/C46H76O17/c1-20-28(50)31(53)33(55)38(59-20)62-34-30(52)23(49)18-58-39(34)61-26-10-12-46-19-45(46)14-13-42(6)35(44(8)11-9-27(63-44)41(4,5)56)21(47)16-43(42,7)25(45)15-24(36(46)40(26,2)3)60-37-32(54)29(51)22(48)17-57-37/h20-39,47-56H,9-19H2,1-8H3/t20-,21+,22-,23-,24-,25-,26+,27-,28-,29-,30-,31-,32-,33+,34-,35+,36+,37-,38+,39-,42+,43-,44-,45-,46+/m0/s1. The van der Waals surface area contributed by atoms with Crippen LogP contribution in [0.15, 0.2) is 0 Å². The summed E-state index contributed by atoms with van der Waals surface area (Å²) >= 11 is 0. The van der Waals surface area contributed by atoms with Gasteiger partial charge in [0.25, 0.3) is 0 Å². The molecule has 2 spiro atoms. The molecule has 4 aliphatic heterocycles. The van der Waals surface area contributed by atoms with E-state index in [0.29, 0.717) is 25.7 Å². The van der Waals surface area contributed by atoms with Gasteiger partial charge in [-0.1, -0.05) is 27.7 Å². The summed E-state index contributed by atoms with van der Waals surface area (Å²) in [4.78, 5) is 0. The van der Waals surface area contributed by atoms with Gasteiger partial charge in [-0.15, -0.1) is 0 Å². The van der Waals surface area contributed by atoms with E-state index in [1.165, 1.54) is 6.92 Å². The SMILES string of the molecule is C[C@@H]1O[C@H](O[C@@H]2[C@H](O[C@@H]3CC[C@]45C[C@]46CC[C@]4(C)[C@H]([C@]7(C)CC[C@@H](C(C)(C)O)O7)[C@H](O)C[C@@]4(C)[C@@H]6C[C@H](O[C@@H]4OC[C@H](O)[C@H](O)[C@@H]4O)[C@@H]5C3(C)C)OC[C@H](O)[C@@H]2O)[C@H](O)[C@@H](O)[C@H]1O. The van der Waals surface area contributed by atoms with Crippen molar-refractivity contribution in [2.45, 2.75) is 229 Å². The molecular weight excluding hydrogens is 824 g/mol. The highest BCUT2D eigenvalue weighted by Gasteiger charge is 2.85. The highest BCUT2D eigenvalue weighted by molar-refractivity contribution is 5.33. The van der Waals surface area contributed by atoms with E-state index in [4.69, 9.17) is 33.2 Å². The number of hydrogen-bond donors (Lipinski definition) is 10. The van der Waals surface area contributed by atoms with Crippen LogP contribution in [0, 0.1) is 44.8 Å². The number of hydrogen-bond acceptors (Lipinski definition) is 17. The van der Waals surface area contributed by atoms with Crippen molar-refractivity contribution in [2.24, 2.45) is 44.8 Å². The van der Waals surface area contributed by atoms with Crippen LogP contribution in [-0.4, -0.2) is 180 Å². The molecule has 9 aliphatic rings. The minimum atomic E-state index is -1.67. The van der Waals surface area contributed by atoms with E-state index in [1.54, 1.807) is 13.8 Å². The van der Waals surface area contributed by atoms with Gasteiger partial charge in [0.1, 0.15) is 54.9 Å². The summed E-state index contributed by atoms with van der Waals surface area (Å²) in [6.45, 7) is 15.6. The maximum absolute atomic E-state index is 12.3. The Morgan fingerprint density at radius 2 is 1.25 bits per heavy atom. The third-order valence-corrected chi connectivity index (χ3v) is 19.3. The van der Waals surface area contributed by atoms with Gasteiger partial charge < -0.3 is 84.2 Å². The molecule has 5 saturated carbocycles. The largest absolute Gasteiger partial charge is 0.393 e. The van der Waals surface area contributed by atoms with E-state index in [9.17, 15) is 51.1 Å². The van der Waals surface area contributed by atoms with Crippen molar-refractivity contribution in [3.63, 3.8) is 0 Å². The molecule has 0 radical (unpaired) electrons. The third-order valence-electron chi connectivity index (χ3n) is 19.3. The molecule has 0 aromatic carbocycles. The van der Waals surface area contributed by atoms with Gasteiger partial charge in [0.05, 0.1) is 54.9 Å². The van der Waals surface area contributed by atoms with Gasteiger partial charge in [0.15, 0.2) is 18.9 Å². The molecule has 4 saturated heterocycles. The molecule has 4 heterocycles. The van der Waals surface area contributed by atoms with Crippen molar-refractivity contribution in [2.75, 3.05) is 13.2 Å². The maximum atomic E-state index is 12.3. The fraction of sp³-hybridized carbons (Fsp3) is 1.00. The summed E-state index contributed by atoms with van der Waals surface area (Å²) in [5.74, 6) is -0.264. The quantitative estimate of drug-likeness (QED) is 0.146. The van der Waals surface area contributed by atoms with Crippen molar-refractivity contribution >= 4 is 0 Å². The lowest BCUT2D eigenvalue weighted by atomic mass is 9.41. The van der Waals surface area contributed by atoms with Crippen LogP contribution in [0.5, 0.6) is 0 Å². The average molecular weight is 901 g/mol. The third kappa shape index (κ3) is 6.94. The molecule has 0 amide bonds. The minimum absolute atomic E-state index is 0.0959. The first-order chi connectivity index (χ1) is 29.3. The molecule has 0 bridgehead atoms. The number of ether oxygens (including phenoxy) is 7. The van der Waals surface area contributed by atoms with Crippen molar-refractivity contribution in [1.29, 1.82) is 0 Å². The van der Waals surface area contributed by atoms with Crippen LogP contribution < -0.4 is 0 Å². The van der Waals surface area contributed by atoms with Crippen LogP contribution in [0.4, 0.5) is 0 Å². The molecule has 0 aromatic heterocycles. The van der Waals surface area contributed by atoms with Crippen molar-refractivity contribution < 1.29 is 84.2 Å². The summed E-state index contributed by atoms with van der Waals surface area (Å²) in [7, 11) is 0. The molecule has 17 heteroatoms. The molecule has 25 atom stereocenters. The van der Waals surface area contributed by atoms with Gasteiger partial charge in [0.2, 0.25) is 0 Å². The molecule has 17 nitrogen and oxygen atoms in total. The van der Waals surface area contributed by atoms with Gasteiger partial charge >= 0.3 is 0 Å². The van der Waals surface area contributed by atoms with E-state index in [1.807, 2.05) is 0 Å². The van der Waals surface area contributed by atoms with E-state index < -0.39 is 115 Å². The van der Waals surface area contributed by atoms with E-state index in [-0.39, 0.29) is 58.7 Å². The van der Waals surface area contributed by atoms with Gasteiger partial charge in [-0.25, -0.2) is 0 Å². The Morgan fingerprint density at radius 1 is 0.603 bits per heavy atom. The highest BCUT2D eigenvalue weighted by atomic mass is 16.8. The van der Waals surface area contributed by atoms with Gasteiger partial charge in [-0.05, 0) is 124 Å². The highest BCUT2D eigenvalue weighted by Crippen LogP contribution is 2.89. The molecular formula is C46H76O17. The zero-order chi connectivity index (χ0) is 45.8. The van der Waals surface area contributed by atoms with E-state index in [2.05, 4.69) is 34.6 Å². The fourth-order valence-corrected chi connectivity index (χ4v) is 16.0. The zero-order valence-corrected chi connectivity index (χ0v) is 38.2. The molecule has 362 valence electrons. The Morgan fingerprint density at radius 3 is 1.92 bits per heavy atom. The number of aliphatic hydroxyl groups excluding tert-OH is 9. The molecule has 9 fully saturated rings. The molecule has 10 N–H and O–H groups in total. The second-order valence-corrected chi connectivity index (χ2v) is 23.4. The summed E-state index contributed by atoms with van der Waals surface area (Å²) in [5, 5.41) is 109. The molecule has 5 aliphatic carbocycles.